The number of benzene rings is 7. The number of rotatable bonds is 9. The normalized spacial score (nSPS) is 17.4. The Morgan fingerprint density at radius 1 is 0.717 bits per heavy atom. The molecule has 4 unspecified atom stereocenters. The molecule has 0 spiro atoms. The Morgan fingerprint density at radius 3 is 2.08 bits per heavy atom. The molecule has 1 aromatic heterocycles. The lowest BCUT2D eigenvalue weighted by Crippen LogP contribution is -2.43. The zero-order valence-corrected chi connectivity index (χ0v) is 33.7. The van der Waals surface area contributed by atoms with Crippen LogP contribution >= 0.6 is 0 Å². The lowest BCUT2D eigenvalue weighted by molar-refractivity contribution is 0.183. The third kappa shape index (κ3) is 5.95. The van der Waals surface area contributed by atoms with Crippen molar-refractivity contribution in [2.45, 2.75) is 30.6 Å². The average Bonchev–Trinajstić information content (AvgIpc) is 3.81. The van der Waals surface area contributed by atoms with E-state index in [2.05, 4.69) is 174 Å². The Labute approximate surface area is 351 Å². The van der Waals surface area contributed by atoms with Crippen molar-refractivity contribution in [3.05, 3.63) is 243 Å². The van der Waals surface area contributed by atoms with E-state index in [1.165, 1.54) is 49.3 Å². The van der Waals surface area contributed by atoms with Crippen LogP contribution in [0.4, 0.5) is 0 Å². The first-order chi connectivity index (χ1) is 29.5. The quantitative estimate of drug-likeness (QED) is 0.117. The number of nitrogens with zero attached hydrogens (tertiary/aromatic N) is 4. The molecule has 2 N–H and O–H groups in total. The van der Waals surface area contributed by atoms with Crippen LogP contribution in [0.15, 0.2) is 193 Å². The van der Waals surface area contributed by atoms with Gasteiger partial charge in [-0.3, -0.25) is 9.89 Å². The van der Waals surface area contributed by atoms with Crippen LogP contribution in [0.3, 0.4) is 0 Å². The molecule has 4 atom stereocenters. The predicted octanol–water partition coefficient (Wildman–Crippen LogP) is 9.92. The van der Waals surface area contributed by atoms with E-state index in [9.17, 15) is 5.26 Å². The van der Waals surface area contributed by atoms with Crippen molar-refractivity contribution in [1.29, 1.82) is 5.26 Å². The van der Waals surface area contributed by atoms with Crippen LogP contribution in [0.1, 0.15) is 69.7 Å². The first-order valence-electron chi connectivity index (χ1n) is 20.7. The maximum absolute atomic E-state index is 9.59. The summed E-state index contributed by atoms with van der Waals surface area (Å²) in [6, 6.07) is 69.0. The Hall–Kier alpha value is -7.10. The molecule has 0 amide bonds. The summed E-state index contributed by atoms with van der Waals surface area (Å²) in [5, 5.41) is 13.4. The number of hydrogen-bond donors (Lipinski definition) is 1. The maximum Gasteiger partial charge on any atom is 0.129 e. The molecule has 5 heteroatoms. The minimum absolute atomic E-state index is 0.169. The third-order valence-corrected chi connectivity index (χ3v) is 12.7. The summed E-state index contributed by atoms with van der Waals surface area (Å²) in [5.41, 5.74) is 18.8. The second kappa shape index (κ2) is 15.3. The number of aliphatic imine (C=N–C) groups is 1. The van der Waals surface area contributed by atoms with E-state index in [1.54, 1.807) is 6.07 Å². The Balaban J connectivity index is 1.19. The lowest BCUT2D eigenvalue weighted by Gasteiger charge is -2.37. The summed E-state index contributed by atoms with van der Waals surface area (Å²) in [7, 11) is 1.99. The van der Waals surface area contributed by atoms with Crippen molar-refractivity contribution in [3.63, 3.8) is 0 Å². The lowest BCUT2D eigenvalue weighted by atomic mass is 9.65. The van der Waals surface area contributed by atoms with Gasteiger partial charge in [0.1, 0.15) is 6.17 Å². The molecule has 0 bridgehead atoms. The Morgan fingerprint density at radius 2 is 1.35 bits per heavy atom. The largest absolute Gasteiger partial charge is 0.312 e. The number of nitrogens with two attached hydrogens (primary N) is 1. The van der Waals surface area contributed by atoms with Crippen molar-refractivity contribution in [2.75, 3.05) is 7.05 Å². The fourth-order valence-electron chi connectivity index (χ4n) is 10.1. The van der Waals surface area contributed by atoms with Crippen LogP contribution in [-0.2, 0) is 5.41 Å². The highest BCUT2D eigenvalue weighted by Crippen LogP contribution is 2.60. The monoisotopic (exact) mass is 775 g/mol. The maximum atomic E-state index is 9.59. The molecule has 1 heterocycles. The standard InChI is InChI=1S/C55H45N5/c1-37-32-47-45-28-13-15-31-49(45)60(52(47)51-50(37)46-29-12-14-30-48(46)55(51,42-23-8-4-9-24-42)43-25-10-5-11-26-43)44-27-17-19-39(34-44)36-58-54(40-20-6-3-7-21-40)59(2)53(57)41-22-16-18-38(33-41)35-56/h3-34,36-37,50,53-54H,57H2,1-2H3. The molecule has 0 fully saturated rings. The van der Waals surface area contributed by atoms with E-state index in [0.717, 1.165) is 22.4 Å². The Bertz CT molecular complexity index is 3030. The number of para-hydroxylation sites is 1. The highest BCUT2D eigenvalue weighted by Gasteiger charge is 2.53. The minimum Gasteiger partial charge on any atom is -0.312 e. The third-order valence-electron chi connectivity index (χ3n) is 12.7. The Kier molecular flexibility index (Phi) is 9.45. The minimum atomic E-state index is -0.523. The smallest absolute Gasteiger partial charge is 0.129 e. The highest BCUT2D eigenvalue weighted by molar-refractivity contribution is 5.92. The topological polar surface area (TPSA) is 70.3 Å². The van der Waals surface area contributed by atoms with Gasteiger partial charge in [0.2, 0.25) is 0 Å². The van der Waals surface area contributed by atoms with Gasteiger partial charge in [-0.15, -0.1) is 0 Å². The zero-order valence-electron chi connectivity index (χ0n) is 33.7. The number of nitriles is 1. The van der Waals surface area contributed by atoms with Crippen LogP contribution in [0.5, 0.6) is 0 Å². The molecular formula is C55H45N5. The second-order valence-corrected chi connectivity index (χ2v) is 16.1. The van der Waals surface area contributed by atoms with E-state index in [4.69, 9.17) is 10.7 Å². The summed E-state index contributed by atoms with van der Waals surface area (Å²) >= 11 is 0. The molecule has 8 aromatic rings. The molecule has 0 aliphatic heterocycles. The van der Waals surface area contributed by atoms with Gasteiger partial charge in [-0.25, -0.2) is 0 Å². The van der Waals surface area contributed by atoms with Crippen LogP contribution in [0.25, 0.3) is 28.2 Å². The number of fused-ring (bicyclic) bond motifs is 6. The summed E-state index contributed by atoms with van der Waals surface area (Å²) in [5.74, 6) is 0.434. The molecule has 2 aliphatic rings. The van der Waals surface area contributed by atoms with E-state index < -0.39 is 11.6 Å². The summed E-state index contributed by atoms with van der Waals surface area (Å²) in [6.07, 6.45) is 3.63. The first kappa shape index (κ1) is 37.2. The van der Waals surface area contributed by atoms with Crippen LogP contribution in [-0.4, -0.2) is 22.7 Å². The first-order valence-corrected chi connectivity index (χ1v) is 20.7. The molecular weight excluding hydrogens is 731 g/mol. The van der Waals surface area contributed by atoms with E-state index in [-0.39, 0.29) is 18.0 Å². The molecule has 290 valence electrons. The van der Waals surface area contributed by atoms with Gasteiger partial charge in [0.15, 0.2) is 0 Å². The number of hydrogen-bond acceptors (Lipinski definition) is 4. The van der Waals surface area contributed by atoms with E-state index >= 15 is 0 Å². The zero-order chi connectivity index (χ0) is 40.8. The van der Waals surface area contributed by atoms with E-state index in [1.807, 2.05) is 49.7 Å². The average molecular weight is 776 g/mol. The molecule has 60 heavy (non-hydrogen) atoms. The van der Waals surface area contributed by atoms with Crippen molar-refractivity contribution in [1.82, 2.24) is 9.47 Å². The molecule has 0 saturated heterocycles. The van der Waals surface area contributed by atoms with Gasteiger partial charge in [0, 0.05) is 28.4 Å². The van der Waals surface area contributed by atoms with Gasteiger partial charge in [-0.2, -0.15) is 5.26 Å². The summed E-state index contributed by atoms with van der Waals surface area (Å²) in [6.45, 7) is 2.39. The van der Waals surface area contributed by atoms with Crippen LogP contribution in [0, 0.1) is 17.2 Å². The second-order valence-electron chi connectivity index (χ2n) is 16.1. The van der Waals surface area contributed by atoms with Gasteiger partial charge >= 0.3 is 0 Å². The molecule has 7 aromatic carbocycles. The fourth-order valence-corrected chi connectivity index (χ4v) is 10.1. The molecule has 0 radical (unpaired) electrons. The number of aromatic nitrogens is 1. The van der Waals surface area contributed by atoms with E-state index in [0.29, 0.717) is 5.56 Å². The predicted molar refractivity (Wildman–Crippen MR) is 244 cm³/mol. The van der Waals surface area contributed by atoms with Crippen LogP contribution in [0.2, 0.25) is 0 Å². The van der Waals surface area contributed by atoms with Crippen molar-refractivity contribution in [3.8, 4) is 11.8 Å². The van der Waals surface area contributed by atoms with Gasteiger partial charge in [0.25, 0.3) is 0 Å². The van der Waals surface area contributed by atoms with Gasteiger partial charge in [0.05, 0.1) is 34.1 Å². The van der Waals surface area contributed by atoms with Crippen LogP contribution < -0.4 is 16.3 Å². The van der Waals surface area contributed by atoms with Crippen molar-refractivity contribution < 1.29 is 0 Å². The summed E-state index contributed by atoms with van der Waals surface area (Å²) < 4.78 is 2.51. The molecule has 0 saturated carbocycles. The van der Waals surface area contributed by atoms with Gasteiger partial charge in [-0.1, -0.05) is 171 Å². The van der Waals surface area contributed by atoms with Gasteiger partial charge in [-0.05, 0) is 87.8 Å². The molecule has 10 rings (SSSR count). The fraction of sp³-hybridized carbons (Fsp3) is 0.127. The van der Waals surface area contributed by atoms with Gasteiger partial charge < -0.3 is 10.3 Å². The van der Waals surface area contributed by atoms with Crippen molar-refractivity contribution in [2.24, 2.45) is 16.6 Å². The molecule has 2 aliphatic carbocycles. The SMILES string of the molecule is CC1C=c2c(n(-c3cccc(C=NC(c4ccccc4)N(C)C(N)c4cccc(C#N)c4)c3)c3ccccc23)=C2C1c1ccccc1C2(c1ccccc1)c1ccccc1. The van der Waals surface area contributed by atoms with Crippen molar-refractivity contribution >= 4 is 28.8 Å². The highest BCUT2D eigenvalue weighted by atomic mass is 15.3. The molecule has 5 nitrogen and oxygen atoms in total. The summed E-state index contributed by atoms with van der Waals surface area (Å²) in [4.78, 5) is 7.31.